The third kappa shape index (κ3) is 2.44. The van der Waals surface area contributed by atoms with Crippen LogP contribution in [0.25, 0.3) is 21.9 Å². The van der Waals surface area contributed by atoms with Gasteiger partial charge in [-0.25, -0.2) is 4.79 Å². The standard InChI is InChI=1S/C19H14N4O5/c1-26-11-3-4-13-12(7-11)16-17(21-13)18(24)23(19(25)22-16)20-8-10-2-5-14-15(6-10)28-9-27-14/h2-8,21H,9H2,1H3,(H,22,25). The first-order valence-corrected chi connectivity index (χ1v) is 8.43. The normalized spacial score (nSPS) is 13.0. The lowest BCUT2D eigenvalue weighted by molar-refractivity contribution is 0.174. The van der Waals surface area contributed by atoms with Crippen molar-refractivity contribution in [3.8, 4) is 17.2 Å². The zero-order valence-corrected chi connectivity index (χ0v) is 14.7. The van der Waals surface area contributed by atoms with Gasteiger partial charge in [0.2, 0.25) is 6.79 Å². The minimum Gasteiger partial charge on any atom is -0.497 e. The summed E-state index contributed by atoms with van der Waals surface area (Å²) in [5.74, 6) is 1.85. The molecule has 0 bridgehead atoms. The van der Waals surface area contributed by atoms with Crippen molar-refractivity contribution < 1.29 is 14.2 Å². The van der Waals surface area contributed by atoms with E-state index < -0.39 is 11.2 Å². The Morgan fingerprint density at radius 1 is 1.07 bits per heavy atom. The first-order valence-electron chi connectivity index (χ1n) is 8.43. The van der Waals surface area contributed by atoms with Crippen LogP contribution in [-0.4, -0.2) is 34.8 Å². The second-order valence-electron chi connectivity index (χ2n) is 6.19. The summed E-state index contributed by atoms with van der Waals surface area (Å²) in [6.07, 6.45) is 1.41. The quantitative estimate of drug-likeness (QED) is 0.528. The lowest BCUT2D eigenvalue weighted by Gasteiger charge is -2.00. The molecule has 0 aliphatic carbocycles. The summed E-state index contributed by atoms with van der Waals surface area (Å²) in [7, 11) is 1.55. The molecule has 28 heavy (non-hydrogen) atoms. The van der Waals surface area contributed by atoms with E-state index in [2.05, 4.69) is 15.1 Å². The molecular formula is C19H14N4O5. The van der Waals surface area contributed by atoms with E-state index in [1.54, 1.807) is 43.5 Å². The van der Waals surface area contributed by atoms with Gasteiger partial charge in [-0.2, -0.15) is 5.10 Å². The zero-order chi connectivity index (χ0) is 19.3. The summed E-state index contributed by atoms with van der Waals surface area (Å²) >= 11 is 0. The Balaban J connectivity index is 1.63. The summed E-state index contributed by atoms with van der Waals surface area (Å²) in [4.78, 5) is 31.0. The third-order valence-electron chi connectivity index (χ3n) is 4.56. The van der Waals surface area contributed by atoms with Gasteiger partial charge in [-0.05, 0) is 42.0 Å². The first-order chi connectivity index (χ1) is 13.6. The van der Waals surface area contributed by atoms with Crippen molar-refractivity contribution in [2.75, 3.05) is 13.9 Å². The number of benzene rings is 2. The molecule has 5 rings (SSSR count). The van der Waals surface area contributed by atoms with Crippen LogP contribution in [0.4, 0.5) is 0 Å². The Bertz CT molecular complexity index is 1380. The van der Waals surface area contributed by atoms with Gasteiger partial charge in [0.25, 0.3) is 0 Å². The topological polar surface area (TPSA) is 111 Å². The molecule has 2 aromatic heterocycles. The lowest BCUT2D eigenvalue weighted by Crippen LogP contribution is -2.32. The summed E-state index contributed by atoms with van der Waals surface area (Å²) < 4.78 is 16.6. The molecule has 0 amide bonds. The summed E-state index contributed by atoms with van der Waals surface area (Å²) in [5.41, 5.74) is 0.853. The number of methoxy groups -OCH3 is 1. The van der Waals surface area contributed by atoms with E-state index in [0.29, 0.717) is 39.2 Å². The van der Waals surface area contributed by atoms with E-state index in [1.807, 2.05) is 0 Å². The van der Waals surface area contributed by atoms with Gasteiger partial charge < -0.3 is 24.2 Å². The molecule has 140 valence electrons. The van der Waals surface area contributed by atoms with E-state index in [1.165, 1.54) is 6.21 Å². The van der Waals surface area contributed by atoms with Crippen molar-refractivity contribution >= 4 is 28.2 Å². The Morgan fingerprint density at radius 2 is 1.93 bits per heavy atom. The van der Waals surface area contributed by atoms with Crippen LogP contribution in [0.3, 0.4) is 0 Å². The highest BCUT2D eigenvalue weighted by molar-refractivity contribution is 6.04. The number of aromatic amines is 2. The van der Waals surface area contributed by atoms with Gasteiger partial charge in [0, 0.05) is 10.9 Å². The van der Waals surface area contributed by atoms with Crippen LogP contribution in [0.1, 0.15) is 5.56 Å². The highest BCUT2D eigenvalue weighted by Crippen LogP contribution is 2.32. The fourth-order valence-corrected chi connectivity index (χ4v) is 3.17. The predicted molar refractivity (Wildman–Crippen MR) is 103 cm³/mol. The molecule has 0 fully saturated rings. The highest BCUT2D eigenvalue weighted by atomic mass is 16.7. The second-order valence-corrected chi connectivity index (χ2v) is 6.19. The Morgan fingerprint density at radius 3 is 2.79 bits per heavy atom. The van der Waals surface area contributed by atoms with E-state index in [9.17, 15) is 9.59 Å². The smallest absolute Gasteiger partial charge is 0.350 e. The van der Waals surface area contributed by atoms with Crippen LogP contribution >= 0.6 is 0 Å². The number of hydrogen-bond acceptors (Lipinski definition) is 6. The van der Waals surface area contributed by atoms with Gasteiger partial charge in [0.05, 0.1) is 18.8 Å². The lowest BCUT2D eigenvalue weighted by atomic mass is 10.2. The molecule has 9 heteroatoms. The molecule has 2 N–H and O–H groups in total. The van der Waals surface area contributed by atoms with Crippen LogP contribution in [0.5, 0.6) is 17.2 Å². The fraction of sp³-hybridized carbons (Fsp3) is 0.105. The van der Waals surface area contributed by atoms with Gasteiger partial charge in [-0.15, -0.1) is 4.68 Å². The summed E-state index contributed by atoms with van der Waals surface area (Å²) in [6, 6.07) is 10.5. The molecule has 0 saturated heterocycles. The fourth-order valence-electron chi connectivity index (χ4n) is 3.17. The molecule has 9 nitrogen and oxygen atoms in total. The molecule has 2 aromatic carbocycles. The predicted octanol–water partition coefficient (Wildman–Crippen LogP) is 1.79. The van der Waals surface area contributed by atoms with Gasteiger partial charge in [0.1, 0.15) is 11.3 Å². The Kier molecular flexibility index (Phi) is 3.48. The molecule has 0 saturated carbocycles. The average molecular weight is 378 g/mol. The number of fused-ring (bicyclic) bond motifs is 4. The second kappa shape index (κ2) is 6.02. The molecular weight excluding hydrogens is 364 g/mol. The molecule has 1 aliphatic rings. The number of hydrogen-bond donors (Lipinski definition) is 2. The van der Waals surface area contributed by atoms with E-state index >= 15 is 0 Å². The maximum absolute atomic E-state index is 12.8. The van der Waals surface area contributed by atoms with Crippen molar-refractivity contribution in [3.05, 3.63) is 62.8 Å². The van der Waals surface area contributed by atoms with E-state index in [0.717, 1.165) is 4.68 Å². The van der Waals surface area contributed by atoms with E-state index in [-0.39, 0.29) is 12.3 Å². The molecule has 4 aromatic rings. The average Bonchev–Trinajstić information content (AvgIpc) is 3.31. The summed E-state index contributed by atoms with van der Waals surface area (Å²) in [5, 5.41) is 4.74. The van der Waals surface area contributed by atoms with Gasteiger partial charge in [-0.1, -0.05) is 0 Å². The number of nitrogens with zero attached hydrogens (tertiary/aromatic N) is 2. The van der Waals surface area contributed by atoms with Crippen LogP contribution in [0.15, 0.2) is 51.1 Å². The Labute approximate surface area is 156 Å². The Hall–Kier alpha value is -4.01. The van der Waals surface area contributed by atoms with Crippen molar-refractivity contribution in [2.24, 2.45) is 5.10 Å². The van der Waals surface area contributed by atoms with Crippen LogP contribution in [0, 0.1) is 0 Å². The maximum Gasteiger partial charge on any atom is 0.350 e. The zero-order valence-electron chi connectivity index (χ0n) is 14.7. The van der Waals surface area contributed by atoms with E-state index in [4.69, 9.17) is 14.2 Å². The monoisotopic (exact) mass is 378 g/mol. The van der Waals surface area contributed by atoms with Gasteiger partial charge in [0.15, 0.2) is 11.5 Å². The number of H-pyrrole nitrogens is 2. The van der Waals surface area contributed by atoms with Crippen molar-refractivity contribution in [1.82, 2.24) is 14.6 Å². The van der Waals surface area contributed by atoms with Gasteiger partial charge >= 0.3 is 11.2 Å². The van der Waals surface area contributed by atoms with Gasteiger partial charge in [-0.3, -0.25) is 4.79 Å². The van der Waals surface area contributed by atoms with Crippen LogP contribution in [-0.2, 0) is 0 Å². The molecule has 1 aliphatic heterocycles. The minimum atomic E-state index is -0.641. The molecule has 0 unspecified atom stereocenters. The molecule has 0 atom stereocenters. The SMILES string of the molecule is COc1ccc2[nH]c3c(=O)n(N=Cc4ccc5c(c4)OCO5)c(=O)[nH]c3c2c1. The number of aromatic nitrogens is 3. The number of nitrogens with one attached hydrogen (secondary N) is 2. The molecule has 0 spiro atoms. The summed E-state index contributed by atoms with van der Waals surface area (Å²) in [6.45, 7) is 0.164. The maximum atomic E-state index is 12.8. The van der Waals surface area contributed by atoms with Crippen LogP contribution < -0.4 is 25.5 Å². The molecule has 0 radical (unpaired) electrons. The molecule has 3 heterocycles. The largest absolute Gasteiger partial charge is 0.497 e. The van der Waals surface area contributed by atoms with Crippen molar-refractivity contribution in [2.45, 2.75) is 0 Å². The number of rotatable bonds is 3. The third-order valence-corrected chi connectivity index (χ3v) is 4.56. The van der Waals surface area contributed by atoms with Crippen molar-refractivity contribution in [3.63, 3.8) is 0 Å². The first kappa shape index (κ1) is 16.2. The van der Waals surface area contributed by atoms with Crippen molar-refractivity contribution in [1.29, 1.82) is 0 Å². The minimum absolute atomic E-state index is 0.164. The van der Waals surface area contributed by atoms with Crippen LogP contribution in [0.2, 0.25) is 0 Å². The highest BCUT2D eigenvalue weighted by Gasteiger charge is 2.14. The number of ether oxygens (including phenoxy) is 3.